The molecule has 0 atom stereocenters. The molecule has 0 N–H and O–H groups in total. The molecule has 0 fully saturated rings. The second kappa shape index (κ2) is 4.63. The Labute approximate surface area is 93.7 Å². The molecule has 0 radical (unpaired) electrons. The van der Waals surface area contributed by atoms with E-state index < -0.39 is 0 Å². The van der Waals surface area contributed by atoms with Crippen molar-refractivity contribution in [2.24, 2.45) is 0 Å². The van der Waals surface area contributed by atoms with Crippen LogP contribution in [0.25, 0.3) is 0 Å². The highest BCUT2D eigenvalue weighted by Crippen LogP contribution is 2.10. The van der Waals surface area contributed by atoms with E-state index in [-0.39, 0.29) is 0 Å². The fourth-order valence-electron chi connectivity index (χ4n) is 1.13. The van der Waals surface area contributed by atoms with E-state index in [1.165, 1.54) is 0 Å². The largest absolute Gasteiger partial charge is 0.246 e. The first kappa shape index (κ1) is 9.76. The van der Waals surface area contributed by atoms with Crippen LogP contribution in [-0.2, 0) is 0 Å². The van der Waals surface area contributed by atoms with Crippen LogP contribution in [-0.4, -0.2) is 4.98 Å². The van der Waals surface area contributed by atoms with Crippen LogP contribution in [0.15, 0.2) is 48.7 Å². The van der Waals surface area contributed by atoms with Gasteiger partial charge in [0.1, 0.15) is 5.69 Å². The average Bonchev–Trinajstić information content (AvgIpc) is 2.29. The van der Waals surface area contributed by atoms with Crippen molar-refractivity contribution in [3.63, 3.8) is 0 Å². The molecule has 0 unspecified atom stereocenters. The van der Waals surface area contributed by atoms with E-state index in [1.54, 1.807) is 18.3 Å². The van der Waals surface area contributed by atoms with Crippen LogP contribution in [0.4, 0.5) is 0 Å². The van der Waals surface area contributed by atoms with Gasteiger partial charge in [-0.25, -0.2) is 4.98 Å². The lowest BCUT2D eigenvalue weighted by Crippen LogP contribution is -1.82. The second-order valence-corrected chi connectivity index (χ2v) is 3.36. The maximum Gasteiger partial charge on any atom is 0.132 e. The van der Waals surface area contributed by atoms with Gasteiger partial charge in [-0.1, -0.05) is 35.7 Å². The highest BCUT2D eigenvalue weighted by atomic mass is 35.5. The summed E-state index contributed by atoms with van der Waals surface area (Å²) in [5, 5.41) is 0.584. The predicted octanol–water partition coefficient (Wildman–Crippen LogP) is 3.13. The molecular formula is C13H8ClN. The topological polar surface area (TPSA) is 12.9 Å². The Bertz CT molecular complexity index is 509. The maximum absolute atomic E-state index is 5.93. The first-order valence-electron chi connectivity index (χ1n) is 4.54. The fraction of sp³-hybridized carbons (Fsp3) is 0. The Morgan fingerprint density at radius 1 is 0.933 bits per heavy atom. The monoisotopic (exact) mass is 213 g/mol. The quantitative estimate of drug-likeness (QED) is 0.613. The predicted molar refractivity (Wildman–Crippen MR) is 61.7 cm³/mol. The molecule has 0 spiro atoms. The highest BCUT2D eigenvalue weighted by Gasteiger charge is 1.94. The fourth-order valence-corrected chi connectivity index (χ4v) is 1.30. The van der Waals surface area contributed by atoms with Crippen LogP contribution in [0.2, 0.25) is 5.02 Å². The molecule has 0 bridgehead atoms. The molecule has 2 aromatic rings. The Morgan fingerprint density at radius 3 is 2.47 bits per heavy atom. The normalized spacial score (nSPS) is 9.13. The van der Waals surface area contributed by atoms with Crippen molar-refractivity contribution in [2.75, 3.05) is 0 Å². The van der Waals surface area contributed by atoms with Crippen LogP contribution in [0, 0.1) is 11.8 Å². The lowest BCUT2D eigenvalue weighted by atomic mass is 10.2. The summed E-state index contributed by atoms with van der Waals surface area (Å²) in [5.74, 6) is 5.94. The molecule has 0 amide bonds. The zero-order chi connectivity index (χ0) is 10.5. The van der Waals surface area contributed by atoms with Crippen LogP contribution in [0.3, 0.4) is 0 Å². The molecule has 1 aromatic heterocycles. The van der Waals surface area contributed by atoms with Crippen molar-refractivity contribution in [2.45, 2.75) is 0 Å². The Morgan fingerprint density at radius 2 is 1.73 bits per heavy atom. The second-order valence-electron chi connectivity index (χ2n) is 2.95. The van der Waals surface area contributed by atoms with Gasteiger partial charge in [0.15, 0.2) is 0 Å². The number of pyridine rings is 1. The van der Waals surface area contributed by atoms with Gasteiger partial charge in [-0.3, -0.25) is 0 Å². The molecule has 15 heavy (non-hydrogen) atoms. The average molecular weight is 214 g/mol. The highest BCUT2D eigenvalue weighted by molar-refractivity contribution is 6.31. The number of hydrogen-bond donors (Lipinski definition) is 0. The summed E-state index contributed by atoms with van der Waals surface area (Å²) < 4.78 is 0. The molecule has 1 heterocycles. The summed E-state index contributed by atoms with van der Waals surface area (Å²) in [6.07, 6.45) is 1.68. The van der Waals surface area contributed by atoms with Crippen LogP contribution in [0.5, 0.6) is 0 Å². The first-order valence-corrected chi connectivity index (χ1v) is 4.91. The molecule has 1 aromatic carbocycles. The van der Waals surface area contributed by atoms with Gasteiger partial charge in [-0.2, -0.15) is 0 Å². The molecule has 0 saturated heterocycles. The summed E-state index contributed by atoms with van der Waals surface area (Å²) >= 11 is 5.93. The van der Waals surface area contributed by atoms with E-state index in [4.69, 9.17) is 11.6 Å². The van der Waals surface area contributed by atoms with Gasteiger partial charge in [0, 0.05) is 11.8 Å². The van der Waals surface area contributed by atoms with E-state index in [9.17, 15) is 0 Å². The standard InChI is InChI=1S/C13H8ClN/c14-12-7-4-10-15-13(12)9-8-11-5-2-1-3-6-11/h1-7,10H. The molecule has 0 aliphatic carbocycles. The minimum absolute atomic E-state index is 0.584. The van der Waals surface area contributed by atoms with E-state index in [1.807, 2.05) is 30.3 Å². The van der Waals surface area contributed by atoms with Gasteiger partial charge in [0.05, 0.1) is 5.02 Å². The van der Waals surface area contributed by atoms with Gasteiger partial charge in [-0.05, 0) is 30.2 Å². The molecular weight excluding hydrogens is 206 g/mol. The summed E-state index contributed by atoms with van der Waals surface area (Å²) in [7, 11) is 0. The van der Waals surface area contributed by atoms with Gasteiger partial charge >= 0.3 is 0 Å². The van der Waals surface area contributed by atoms with Gasteiger partial charge in [0.2, 0.25) is 0 Å². The number of aromatic nitrogens is 1. The smallest absolute Gasteiger partial charge is 0.132 e. The summed E-state index contributed by atoms with van der Waals surface area (Å²) in [4.78, 5) is 4.09. The zero-order valence-electron chi connectivity index (χ0n) is 7.94. The summed E-state index contributed by atoms with van der Waals surface area (Å²) in [6.45, 7) is 0. The third-order valence-corrected chi connectivity index (χ3v) is 2.16. The van der Waals surface area contributed by atoms with Crippen molar-refractivity contribution < 1.29 is 0 Å². The van der Waals surface area contributed by atoms with Gasteiger partial charge in [0.25, 0.3) is 0 Å². The third-order valence-electron chi connectivity index (χ3n) is 1.86. The molecule has 0 saturated carbocycles. The van der Waals surface area contributed by atoms with Crippen molar-refractivity contribution in [1.29, 1.82) is 0 Å². The van der Waals surface area contributed by atoms with E-state index in [2.05, 4.69) is 16.8 Å². The third kappa shape index (κ3) is 2.59. The number of benzene rings is 1. The first-order chi connectivity index (χ1) is 7.36. The lowest BCUT2D eigenvalue weighted by molar-refractivity contribution is 1.29. The number of halogens is 1. The molecule has 2 heteroatoms. The minimum Gasteiger partial charge on any atom is -0.246 e. The summed E-state index contributed by atoms with van der Waals surface area (Å²) in [5.41, 5.74) is 1.57. The lowest BCUT2D eigenvalue weighted by Gasteiger charge is -1.91. The Kier molecular flexibility index (Phi) is 3.02. The van der Waals surface area contributed by atoms with Crippen molar-refractivity contribution in [1.82, 2.24) is 4.98 Å². The van der Waals surface area contributed by atoms with Crippen LogP contribution in [0.1, 0.15) is 11.3 Å². The maximum atomic E-state index is 5.93. The zero-order valence-corrected chi connectivity index (χ0v) is 8.70. The van der Waals surface area contributed by atoms with Crippen molar-refractivity contribution >= 4 is 11.6 Å². The number of rotatable bonds is 0. The van der Waals surface area contributed by atoms with Crippen molar-refractivity contribution in [3.05, 3.63) is 64.9 Å². The molecule has 1 nitrogen and oxygen atoms in total. The number of hydrogen-bond acceptors (Lipinski definition) is 1. The van der Waals surface area contributed by atoms with E-state index >= 15 is 0 Å². The minimum atomic E-state index is 0.584. The van der Waals surface area contributed by atoms with Gasteiger partial charge < -0.3 is 0 Å². The molecule has 72 valence electrons. The molecule has 0 aliphatic rings. The van der Waals surface area contributed by atoms with Crippen LogP contribution >= 0.6 is 11.6 Å². The molecule has 0 aliphatic heterocycles. The van der Waals surface area contributed by atoms with Crippen LogP contribution < -0.4 is 0 Å². The Hall–Kier alpha value is -1.78. The summed E-state index contributed by atoms with van der Waals surface area (Å²) in [6, 6.07) is 13.3. The van der Waals surface area contributed by atoms with Gasteiger partial charge in [-0.15, -0.1) is 0 Å². The van der Waals surface area contributed by atoms with E-state index in [0.717, 1.165) is 5.56 Å². The SMILES string of the molecule is Clc1cccnc1C#Cc1ccccc1. The molecule has 2 rings (SSSR count). The van der Waals surface area contributed by atoms with Crippen molar-refractivity contribution in [3.8, 4) is 11.8 Å². The Balaban J connectivity index is 2.31. The number of nitrogens with zero attached hydrogens (tertiary/aromatic N) is 1. The van der Waals surface area contributed by atoms with E-state index in [0.29, 0.717) is 10.7 Å².